The average Bonchev–Trinajstić information content (AvgIpc) is 2.78. The van der Waals surface area contributed by atoms with E-state index in [1.807, 2.05) is 0 Å². The van der Waals surface area contributed by atoms with Crippen molar-refractivity contribution >= 4 is 46.9 Å². The second-order valence-corrected chi connectivity index (χ2v) is 8.04. The molecular formula is C22H31N5O8S. The zero-order chi connectivity index (χ0) is 26.9. The molecule has 1 aromatic rings. The molecule has 1 rings (SSSR count). The van der Waals surface area contributed by atoms with Crippen molar-refractivity contribution in [1.82, 2.24) is 20.4 Å². The summed E-state index contributed by atoms with van der Waals surface area (Å²) in [5, 5.41) is 44.2. The number of benzene rings is 1. The smallest absolute Gasteiger partial charge is 0.317 e. The Morgan fingerprint density at radius 2 is 1.42 bits per heavy atom. The van der Waals surface area contributed by atoms with E-state index in [4.69, 9.17) is 10.2 Å². The average molecular weight is 526 g/mol. The highest BCUT2D eigenvalue weighted by atomic mass is 32.1. The van der Waals surface area contributed by atoms with Crippen molar-refractivity contribution in [2.75, 3.05) is 58.9 Å². The van der Waals surface area contributed by atoms with Gasteiger partial charge in [-0.1, -0.05) is 12.1 Å². The first-order valence-corrected chi connectivity index (χ1v) is 11.4. The topological polar surface area (TPSA) is 192 Å². The van der Waals surface area contributed by atoms with Crippen LogP contribution in [0.5, 0.6) is 0 Å². The fraction of sp³-hybridized carbons (Fsp3) is 0.500. The van der Waals surface area contributed by atoms with Gasteiger partial charge < -0.3 is 31.1 Å². The van der Waals surface area contributed by atoms with Crippen molar-refractivity contribution in [3.05, 3.63) is 29.8 Å². The molecule has 1 unspecified atom stereocenters. The zero-order valence-electron chi connectivity index (χ0n) is 19.6. The summed E-state index contributed by atoms with van der Waals surface area (Å²) in [6.07, 6.45) is 0.368. The number of nitrogens with zero attached hydrogens (tertiary/aromatic N) is 3. The molecule has 0 fully saturated rings. The van der Waals surface area contributed by atoms with Crippen LogP contribution in [0, 0.1) is 0 Å². The van der Waals surface area contributed by atoms with Crippen molar-refractivity contribution in [3.8, 4) is 0 Å². The summed E-state index contributed by atoms with van der Waals surface area (Å²) in [7, 11) is 0. The number of thiocarbonyl (C=S) groups is 1. The lowest BCUT2D eigenvalue weighted by Crippen LogP contribution is -2.51. The Morgan fingerprint density at radius 1 is 0.861 bits per heavy atom. The molecule has 0 saturated carbocycles. The van der Waals surface area contributed by atoms with Gasteiger partial charge in [0.2, 0.25) is 0 Å². The van der Waals surface area contributed by atoms with Crippen molar-refractivity contribution in [3.63, 3.8) is 0 Å². The lowest BCUT2D eigenvalue weighted by Gasteiger charge is -2.34. The highest BCUT2D eigenvalue weighted by Gasteiger charge is 2.25. The minimum absolute atomic E-state index is 0.174. The Kier molecular flexibility index (Phi) is 14.7. The van der Waals surface area contributed by atoms with E-state index in [-0.39, 0.29) is 58.9 Å². The Labute approximate surface area is 213 Å². The predicted molar refractivity (Wildman–Crippen MR) is 133 cm³/mol. The number of isothiocyanates is 1. The SMILES string of the molecule is O=C(O)CNCCN(CC(=O)O)CC(Cc1ccc(N=C=S)cc1)N(CCNCC(=O)O)CC(=O)O. The second-order valence-electron chi connectivity index (χ2n) is 7.86. The third-order valence-corrected chi connectivity index (χ3v) is 5.09. The minimum atomic E-state index is -1.09. The van der Waals surface area contributed by atoms with Crippen LogP contribution in [0.3, 0.4) is 0 Å². The van der Waals surface area contributed by atoms with Crippen LogP contribution in [0.2, 0.25) is 0 Å². The van der Waals surface area contributed by atoms with Gasteiger partial charge in [0.1, 0.15) is 0 Å². The van der Waals surface area contributed by atoms with Gasteiger partial charge in [-0.05, 0) is 36.3 Å². The monoisotopic (exact) mass is 525 g/mol. The normalized spacial score (nSPS) is 11.7. The molecule has 36 heavy (non-hydrogen) atoms. The van der Waals surface area contributed by atoms with Gasteiger partial charge in [-0.15, -0.1) is 0 Å². The van der Waals surface area contributed by atoms with Crippen molar-refractivity contribution in [2.45, 2.75) is 12.5 Å². The van der Waals surface area contributed by atoms with Gasteiger partial charge in [0.05, 0.1) is 37.0 Å². The van der Waals surface area contributed by atoms with Gasteiger partial charge in [0, 0.05) is 38.8 Å². The largest absolute Gasteiger partial charge is 0.480 e. The first-order chi connectivity index (χ1) is 17.1. The number of carboxylic acid groups (broad SMARTS) is 4. The number of rotatable bonds is 20. The van der Waals surface area contributed by atoms with Gasteiger partial charge in [-0.3, -0.25) is 29.0 Å². The van der Waals surface area contributed by atoms with Gasteiger partial charge in [-0.2, -0.15) is 4.99 Å². The number of carboxylic acids is 4. The quantitative estimate of drug-likeness (QED) is 0.0722. The Hall–Kier alpha value is -3.26. The second kappa shape index (κ2) is 17.2. The van der Waals surface area contributed by atoms with Crippen LogP contribution in [0.15, 0.2) is 29.3 Å². The number of nitrogens with one attached hydrogen (secondary N) is 2. The van der Waals surface area contributed by atoms with E-state index in [0.717, 1.165) is 5.56 Å². The number of hydrogen-bond acceptors (Lipinski definition) is 10. The summed E-state index contributed by atoms with van der Waals surface area (Å²) in [6, 6.07) is 6.61. The van der Waals surface area contributed by atoms with Crippen LogP contribution in [0.1, 0.15) is 5.56 Å². The molecule has 0 amide bonds. The van der Waals surface area contributed by atoms with Crippen LogP contribution >= 0.6 is 12.2 Å². The fourth-order valence-corrected chi connectivity index (χ4v) is 3.59. The van der Waals surface area contributed by atoms with Crippen molar-refractivity contribution in [1.29, 1.82) is 0 Å². The maximum atomic E-state index is 11.6. The fourth-order valence-electron chi connectivity index (χ4n) is 3.48. The molecule has 0 aliphatic carbocycles. The number of aliphatic carboxylic acids is 4. The minimum Gasteiger partial charge on any atom is -0.480 e. The van der Waals surface area contributed by atoms with E-state index in [1.54, 1.807) is 34.1 Å². The maximum Gasteiger partial charge on any atom is 0.317 e. The molecule has 0 aliphatic rings. The van der Waals surface area contributed by atoms with E-state index >= 15 is 0 Å². The van der Waals surface area contributed by atoms with Gasteiger partial charge in [-0.25, -0.2) is 0 Å². The Bertz CT molecular complexity index is 924. The number of carbonyl (C=O) groups is 4. The van der Waals surface area contributed by atoms with E-state index in [0.29, 0.717) is 12.1 Å². The molecule has 0 heterocycles. The summed E-state index contributed by atoms with van der Waals surface area (Å²) in [4.78, 5) is 51.7. The third kappa shape index (κ3) is 14.2. The highest BCUT2D eigenvalue weighted by Crippen LogP contribution is 2.16. The third-order valence-electron chi connectivity index (χ3n) is 5.00. The standard InChI is InChI=1S/C22H31N5O8S/c28-19(29)10-23-5-7-26(13-21(32)33)12-18(9-16-1-3-17(4-2-16)25-15-36)27(14-22(34)35)8-6-24-11-20(30)31/h1-4,18,23-24H,5-14H2,(H,28,29)(H,30,31)(H,32,33)(H,34,35). The summed E-state index contributed by atoms with van der Waals surface area (Å²) < 4.78 is 0. The number of aliphatic imine (C=N–C) groups is 1. The molecule has 13 nitrogen and oxygen atoms in total. The van der Waals surface area contributed by atoms with E-state index in [1.165, 1.54) is 0 Å². The lowest BCUT2D eigenvalue weighted by atomic mass is 10.0. The molecule has 14 heteroatoms. The molecule has 1 aromatic carbocycles. The van der Waals surface area contributed by atoms with Crippen LogP contribution in [0.25, 0.3) is 0 Å². The first-order valence-electron chi connectivity index (χ1n) is 11.0. The maximum absolute atomic E-state index is 11.6. The molecule has 198 valence electrons. The molecule has 0 aliphatic heterocycles. The van der Waals surface area contributed by atoms with Gasteiger partial charge >= 0.3 is 23.9 Å². The summed E-state index contributed by atoms with van der Waals surface area (Å²) >= 11 is 4.60. The van der Waals surface area contributed by atoms with E-state index < -0.39 is 29.9 Å². The Balaban J connectivity index is 3.11. The van der Waals surface area contributed by atoms with Crippen LogP contribution in [-0.2, 0) is 25.6 Å². The van der Waals surface area contributed by atoms with E-state index in [9.17, 15) is 29.4 Å². The molecule has 0 bridgehead atoms. The van der Waals surface area contributed by atoms with Crippen LogP contribution < -0.4 is 10.6 Å². The predicted octanol–water partition coefficient (Wildman–Crippen LogP) is -0.546. The van der Waals surface area contributed by atoms with Crippen molar-refractivity contribution < 1.29 is 39.6 Å². The molecule has 0 radical (unpaired) electrons. The van der Waals surface area contributed by atoms with Gasteiger partial charge in [0.15, 0.2) is 0 Å². The highest BCUT2D eigenvalue weighted by molar-refractivity contribution is 7.78. The van der Waals surface area contributed by atoms with Gasteiger partial charge in [0.25, 0.3) is 0 Å². The summed E-state index contributed by atoms with van der Waals surface area (Å²) in [5.41, 5.74) is 1.44. The molecule has 0 saturated heterocycles. The molecule has 0 spiro atoms. The molecule has 0 aromatic heterocycles. The molecular weight excluding hydrogens is 494 g/mol. The van der Waals surface area contributed by atoms with Crippen LogP contribution in [-0.4, -0.2) is 124 Å². The summed E-state index contributed by atoms with van der Waals surface area (Å²) in [5.74, 6) is -4.25. The molecule has 1 atom stereocenters. The van der Waals surface area contributed by atoms with Crippen molar-refractivity contribution in [2.24, 2.45) is 4.99 Å². The molecule has 6 N–H and O–H groups in total. The van der Waals surface area contributed by atoms with Crippen LogP contribution in [0.4, 0.5) is 5.69 Å². The lowest BCUT2D eigenvalue weighted by molar-refractivity contribution is -0.141. The summed E-state index contributed by atoms with van der Waals surface area (Å²) in [6.45, 7) is -0.210. The number of hydrogen-bond donors (Lipinski definition) is 6. The Morgan fingerprint density at radius 3 is 1.92 bits per heavy atom. The first kappa shape index (κ1) is 30.8. The zero-order valence-corrected chi connectivity index (χ0v) is 20.4. The van der Waals surface area contributed by atoms with E-state index in [2.05, 4.69) is 33.0 Å².